The fourth-order valence-electron chi connectivity index (χ4n) is 1.61. The average Bonchev–Trinajstić information content (AvgIpc) is 2.57. The minimum Gasteiger partial charge on any atom is -0.441 e. The van der Waals surface area contributed by atoms with E-state index < -0.39 is 11.7 Å². The highest BCUT2D eigenvalue weighted by atomic mass is 19.4. The molecule has 0 saturated heterocycles. The van der Waals surface area contributed by atoms with Gasteiger partial charge in [-0.15, -0.1) is 0 Å². The smallest absolute Gasteiger partial charge is 0.416 e. The van der Waals surface area contributed by atoms with Crippen LogP contribution in [0.15, 0.2) is 28.7 Å². The van der Waals surface area contributed by atoms with E-state index in [0.717, 1.165) is 12.1 Å². The van der Waals surface area contributed by atoms with Gasteiger partial charge in [-0.1, -0.05) is 12.1 Å². The summed E-state index contributed by atoms with van der Waals surface area (Å²) in [6.45, 7) is 3.45. The molecular weight excluding hydrogens is 231 g/mol. The first-order valence-corrected chi connectivity index (χ1v) is 4.99. The lowest BCUT2D eigenvalue weighted by molar-refractivity contribution is -0.137. The van der Waals surface area contributed by atoms with E-state index in [1.807, 2.05) is 0 Å². The lowest BCUT2D eigenvalue weighted by atomic mass is 10.1. The fraction of sp³-hybridized carbons (Fsp3) is 0.250. The molecule has 2 rings (SSSR count). The Kier molecular flexibility index (Phi) is 2.69. The van der Waals surface area contributed by atoms with Crippen LogP contribution in [0.2, 0.25) is 0 Å². The third-order valence-corrected chi connectivity index (χ3v) is 2.38. The quantitative estimate of drug-likeness (QED) is 0.754. The molecule has 2 nitrogen and oxygen atoms in total. The van der Waals surface area contributed by atoms with Crippen molar-refractivity contribution in [1.29, 1.82) is 0 Å². The number of benzene rings is 1. The van der Waals surface area contributed by atoms with E-state index in [0.29, 0.717) is 22.9 Å². The van der Waals surface area contributed by atoms with Crippen LogP contribution < -0.4 is 0 Å². The van der Waals surface area contributed by atoms with Crippen LogP contribution >= 0.6 is 0 Å². The molecule has 0 unspecified atom stereocenters. The van der Waals surface area contributed by atoms with Crippen LogP contribution in [0.5, 0.6) is 0 Å². The molecule has 0 saturated carbocycles. The summed E-state index contributed by atoms with van der Waals surface area (Å²) in [5, 5.41) is 0. The number of aryl methyl sites for hydroxylation is 2. The molecule has 90 valence electrons. The number of hydrogen-bond donors (Lipinski definition) is 0. The zero-order valence-electron chi connectivity index (χ0n) is 9.30. The van der Waals surface area contributed by atoms with Gasteiger partial charge in [0.2, 0.25) is 0 Å². The molecule has 0 N–H and O–H groups in total. The van der Waals surface area contributed by atoms with Gasteiger partial charge in [0.15, 0.2) is 11.7 Å². The second-order valence-corrected chi connectivity index (χ2v) is 3.72. The summed E-state index contributed by atoms with van der Waals surface area (Å²) in [4.78, 5) is 4.07. The molecule has 2 aromatic rings. The Morgan fingerprint density at radius 2 is 1.65 bits per heavy atom. The van der Waals surface area contributed by atoms with Crippen molar-refractivity contribution >= 4 is 0 Å². The zero-order chi connectivity index (χ0) is 12.6. The van der Waals surface area contributed by atoms with E-state index in [-0.39, 0.29) is 0 Å². The molecular formula is C12H10F3NO. The molecule has 17 heavy (non-hydrogen) atoms. The van der Waals surface area contributed by atoms with Crippen LogP contribution in [0.4, 0.5) is 13.2 Å². The topological polar surface area (TPSA) is 26.0 Å². The van der Waals surface area contributed by atoms with Crippen molar-refractivity contribution in [3.05, 3.63) is 41.4 Å². The van der Waals surface area contributed by atoms with Gasteiger partial charge in [0.25, 0.3) is 0 Å². The number of nitrogens with zero attached hydrogens (tertiary/aromatic N) is 1. The molecule has 5 heteroatoms. The monoisotopic (exact) mass is 241 g/mol. The molecule has 0 aliphatic carbocycles. The second-order valence-electron chi connectivity index (χ2n) is 3.72. The second kappa shape index (κ2) is 3.91. The summed E-state index contributed by atoms with van der Waals surface area (Å²) in [6, 6.07) is 4.84. The summed E-state index contributed by atoms with van der Waals surface area (Å²) in [6.07, 6.45) is -4.31. The molecule has 1 aromatic heterocycles. The van der Waals surface area contributed by atoms with Crippen molar-refractivity contribution in [2.24, 2.45) is 0 Å². The Balaban J connectivity index is 2.39. The van der Waals surface area contributed by atoms with Crippen LogP contribution in [0.3, 0.4) is 0 Å². The normalized spacial score (nSPS) is 11.8. The van der Waals surface area contributed by atoms with Gasteiger partial charge in [-0.25, -0.2) is 4.98 Å². The van der Waals surface area contributed by atoms with Crippen LogP contribution in [0, 0.1) is 13.8 Å². The Morgan fingerprint density at radius 3 is 2.06 bits per heavy atom. The van der Waals surface area contributed by atoms with Crippen molar-refractivity contribution in [3.8, 4) is 11.3 Å². The van der Waals surface area contributed by atoms with Crippen LogP contribution in [0.1, 0.15) is 17.1 Å². The molecule has 0 fully saturated rings. The number of aromatic nitrogens is 1. The Labute approximate surface area is 96.1 Å². The van der Waals surface area contributed by atoms with Crippen LogP contribution in [0.25, 0.3) is 11.3 Å². The Hall–Kier alpha value is -1.78. The molecule has 0 atom stereocenters. The van der Waals surface area contributed by atoms with Gasteiger partial charge in [0.05, 0.1) is 11.3 Å². The summed E-state index contributed by atoms with van der Waals surface area (Å²) in [7, 11) is 0. The maximum absolute atomic E-state index is 12.4. The number of rotatable bonds is 1. The summed E-state index contributed by atoms with van der Waals surface area (Å²) < 4.78 is 42.4. The van der Waals surface area contributed by atoms with E-state index in [1.165, 1.54) is 12.1 Å². The first-order chi connectivity index (χ1) is 7.88. The first kappa shape index (κ1) is 11.7. The highest BCUT2D eigenvalue weighted by Gasteiger charge is 2.30. The van der Waals surface area contributed by atoms with Crippen molar-refractivity contribution in [3.63, 3.8) is 0 Å². The maximum atomic E-state index is 12.4. The van der Waals surface area contributed by atoms with Crippen LogP contribution in [-0.2, 0) is 6.18 Å². The van der Waals surface area contributed by atoms with E-state index in [4.69, 9.17) is 4.42 Å². The van der Waals surface area contributed by atoms with Crippen molar-refractivity contribution in [2.45, 2.75) is 20.0 Å². The molecule has 0 amide bonds. The molecule has 1 heterocycles. The molecule has 0 bridgehead atoms. The third-order valence-electron chi connectivity index (χ3n) is 2.38. The van der Waals surface area contributed by atoms with Gasteiger partial charge in [0, 0.05) is 12.5 Å². The first-order valence-electron chi connectivity index (χ1n) is 4.99. The van der Waals surface area contributed by atoms with E-state index in [1.54, 1.807) is 13.8 Å². The van der Waals surface area contributed by atoms with Crippen molar-refractivity contribution < 1.29 is 17.6 Å². The largest absolute Gasteiger partial charge is 0.441 e. The number of alkyl halides is 3. The third kappa shape index (κ3) is 2.33. The lowest BCUT2D eigenvalue weighted by Gasteiger charge is -2.06. The standard InChI is InChI=1S/C12H10F3NO/c1-7-11(17-8(2)16-7)9-3-5-10(6-4-9)12(13,14)15/h3-6H,1-2H3. The van der Waals surface area contributed by atoms with Gasteiger partial charge < -0.3 is 4.42 Å². The molecule has 0 aliphatic rings. The average molecular weight is 241 g/mol. The Bertz CT molecular complexity index is 526. The predicted octanol–water partition coefficient (Wildman–Crippen LogP) is 3.98. The minimum atomic E-state index is -4.31. The minimum absolute atomic E-state index is 0.498. The maximum Gasteiger partial charge on any atom is 0.416 e. The SMILES string of the molecule is Cc1nc(C)c(-c2ccc(C(F)(F)F)cc2)o1. The number of oxazole rings is 1. The lowest BCUT2D eigenvalue weighted by Crippen LogP contribution is -2.03. The van der Waals surface area contributed by atoms with Crippen LogP contribution in [-0.4, -0.2) is 4.98 Å². The van der Waals surface area contributed by atoms with Gasteiger partial charge >= 0.3 is 6.18 Å². The van der Waals surface area contributed by atoms with E-state index in [2.05, 4.69) is 4.98 Å². The summed E-state index contributed by atoms with van der Waals surface area (Å²) in [5.41, 5.74) is 0.591. The summed E-state index contributed by atoms with van der Waals surface area (Å²) in [5.74, 6) is 1.01. The molecule has 0 aliphatic heterocycles. The van der Waals surface area contributed by atoms with E-state index in [9.17, 15) is 13.2 Å². The number of halogens is 3. The zero-order valence-corrected chi connectivity index (χ0v) is 9.30. The predicted molar refractivity (Wildman–Crippen MR) is 56.4 cm³/mol. The summed E-state index contributed by atoms with van der Waals surface area (Å²) >= 11 is 0. The molecule has 1 aromatic carbocycles. The van der Waals surface area contributed by atoms with Gasteiger partial charge in [-0.2, -0.15) is 13.2 Å². The Morgan fingerprint density at radius 1 is 1.06 bits per heavy atom. The highest BCUT2D eigenvalue weighted by Crippen LogP contribution is 2.31. The van der Waals surface area contributed by atoms with Gasteiger partial charge in [0.1, 0.15) is 0 Å². The molecule has 0 spiro atoms. The number of hydrogen-bond acceptors (Lipinski definition) is 2. The van der Waals surface area contributed by atoms with Gasteiger partial charge in [-0.3, -0.25) is 0 Å². The van der Waals surface area contributed by atoms with Gasteiger partial charge in [-0.05, 0) is 19.1 Å². The van der Waals surface area contributed by atoms with Crippen molar-refractivity contribution in [2.75, 3.05) is 0 Å². The van der Waals surface area contributed by atoms with E-state index >= 15 is 0 Å². The fourth-order valence-corrected chi connectivity index (χ4v) is 1.61. The highest BCUT2D eigenvalue weighted by molar-refractivity contribution is 5.60. The van der Waals surface area contributed by atoms with Crippen molar-refractivity contribution in [1.82, 2.24) is 4.98 Å². The molecule has 0 radical (unpaired) electrons.